The van der Waals surface area contributed by atoms with Gasteiger partial charge in [0.1, 0.15) is 12.4 Å². The summed E-state index contributed by atoms with van der Waals surface area (Å²) < 4.78 is 10.9. The smallest absolute Gasteiger partial charge is 0.358 e. The Bertz CT molecular complexity index is 1520. The topological polar surface area (TPSA) is 115 Å². The zero-order chi connectivity index (χ0) is 29.5. The molecule has 9 nitrogen and oxygen atoms in total. The molecule has 1 N–H and O–H groups in total. The highest BCUT2D eigenvalue weighted by atomic mass is 16.5. The van der Waals surface area contributed by atoms with E-state index in [9.17, 15) is 14.7 Å². The third-order valence-electron chi connectivity index (χ3n) is 7.40. The Morgan fingerprint density at radius 1 is 0.976 bits per heavy atom. The van der Waals surface area contributed by atoms with Gasteiger partial charge >= 0.3 is 11.9 Å². The van der Waals surface area contributed by atoms with Crippen molar-refractivity contribution in [1.29, 1.82) is 0 Å². The molecule has 0 aliphatic carbocycles. The molecule has 0 atom stereocenters. The first-order chi connectivity index (χ1) is 20.4. The van der Waals surface area contributed by atoms with Crippen molar-refractivity contribution in [3.8, 4) is 17.0 Å². The molecule has 9 heteroatoms. The monoisotopic (exact) mass is 566 g/mol. The number of aromatic carboxylic acids is 1. The van der Waals surface area contributed by atoms with Crippen LogP contribution in [-0.2, 0) is 17.8 Å². The maximum absolute atomic E-state index is 12.0. The Morgan fingerprint density at radius 3 is 2.36 bits per heavy atom. The van der Waals surface area contributed by atoms with Crippen molar-refractivity contribution in [2.75, 3.05) is 24.6 Å². The van der Waals surface area contributed by atoms with E-state index in [1.807, 2.05) is 48.5 Å². The fourth-order valence-corrected chi connectivity index (χ4v) is 5.16. The van der Waals surface area contributed by atoms with E-state index >= 15 is 0 Å². The van der Waals surface area contributed by atoms with Crippen molar-refractivity contribution in [3.63, 3.8) is 0 Å². The summed E-state index contributed by atoms with van der Waals surface area (Å²) in [4.78, 5) is 39.7. The van der Waals surface area contributed by atoms with E-state index in [0.29, 0.717) is 36.0 Å². The van der Waals surface area contributed by atoms with Gasteiger partial charge in [-0.2, -0.15) is 0 Å². The summed E-state index contributed by atoms with van der Waals surface area (Å²) in [7, 11) is 0. The highest BCUT2D eigenvalue weighted by Gasteiger charge is 2.24. The Balaban J connectivity index is 1.18. The highest BCUT2D eigenvalue weighted by Crippen LogP contribution is 2.29. The maximum atomic E-state index is 12.0. The molecule has 0 bridgehead atoms. The summed E-state index contributed by atoms with van der Waals surface area (Å²) in [6, 6.07) is 21.4. The average Bonchev–Trinajstić information content (AvgIpc) is 3.01. The van der Waals surface area contributed by atoms with Gasteiger partial charge < -0.3 is 19.5 Å². The number of carbonyl (C=O) groups excluding carboxylic acids is 1. The van der Waals surface area contributed by atoms with Crippen LogP contribution in [0.1, 0.15) is 57.7 Å². The lowest BCUT2D eigenvalue weighted by atomic mass is 9.92. The van der Waals surface area contributed by atoms with Crippen LogP contribution in [0.15, 0.2) is 72.9 Å². The van der Waals surface area contributed by atoms with Crippen LogP contribution < -0.4 is 9.64 Å². The van der Waals surface area contributed by atoms with Gasteiger partial charge in [-0.15, -0.1) is 0 Å². The summed E-state index contributed by atoms with van der Waals surface area (Å²) in [6.07, 6.45) is 4.08. The lowest BCUT2D eigenvalue weighted by Gasteiger charge is -2.33. The predicted octanol–water partition coefficient (Wildman–Crippen LogP) is 5.76. The molecule has 1 aliphatic heterocycles. The number of anilines is 1. The number of rotatable bonds is 10. The quantitative estimate of drug-likeness (QED) is 0.239. The van der Waals surface area contributed by atoms with Gasteiger partial charge in [-0.3, -0.25) is 4.98 Å². The minimum Gasteiger partial charge on any atom is -0.484 e. The first-order valence-corrected chi connectivity index (χ1v) is 14.2. The number of aryl methyl sites for hydroxylation is 1. The van der Waals surface area contributed by atoms with Crippen LogP contribution in [0.25, 0.3) is 11.3 Å². The normalized spacial score (nSPS) is 13.5. The third kappa shape index (κ3) is 6.91. The zero-order valence-corrected chi connectivity index (χ0v) is 23.8. The van der Waals surface area contributed by atoms with Crippen LogP contribution in [0.4, 0.5) is 5.69 Å². The number of hydrogen-bond acceptors (Lipinski definition) is 8. The SMILES string of the molecule is CCOC(=O)c1ccc(-c2ccc(N3CCC(Cc4nc(C)c(OCc5ccccc5)c(C(=O)O)n4)CC3)cc2)nc1. The van der Waals surface area contributed by atoms with Crippen LogP contribution in [0.5, 0.6) is 5.75 Å². The van der Waals surface area contributed by atoms with Gasteiger partial charge in [0.2, 0.25) is 0 Å². The molecule has 1 saturated heterocycles. The molecule has 2 aromatic heterocycles. The number of ether oxygens (including phenoxy) is 2. The first kappa shape index (κ1) is 28.7. The van der Waals surface area contributed by atoms with E-state index in [1.165, 1.54) is 0 Å². The van der Waals surface area contributed by atoms with Crippen molar-refractivity contribution in [1.82, 2.24) is 15.0 Å². The van der Waals surface area contributed by atoms with Crippen LogP contribution in [0.2, 0.25) is 0 Å². The molecule has 2 aromatic carbocycles. The van der Waals surface area contributed by atoms with Gasteiger partial charge in [-0.25, -0.2) is 19.6 Å². The number of carboxylic acid groups (broad SMARTS) is 1. The average molecular weight is 567 g/mol. The number of benzene rings is 2. The van der Waals surface area contributed by atoms with E-state index in [2.05, 4.69) is 32.0 Å². The molecule has 0 saturated carbocycles. The van der Waals surface area contributed by atoms with E-state index in [-0.39, 0.29) is 24.0 Å². The van der Waals surface area contributed by atoms with Crippen LogP contribution in [0, 0.1) is 12.8 Å². The maximum Gasteiger partial charge on any atom is 0.358 e. The standard InChI is InChI=1S/C33H34N4O5/c1-3-41-33(40)26-11-14-28(34-20-26)25-9-12-27(13-10-25)37-17-15-23(16-18-37)19-29-35-22(2)31(30(36-29)32(38)39)42-21-24-7-5-4-6-8-24/h4-14,20,23H,3,15-19,21H2,1-2H3,(H,38,39). The number of esters is 1. The Morgan fingerprint density at radius 2 is 1.71 bits per heavy atom. The molecule has 1 aliphatic rings. The Hall–Kier alpha value is -4.79. The number of pyridine rings is 1. The molecule has 216 valence electrons. The number of hydrogen-bond donors (Lipinski definition) is 1. The van der Waals surface area contributed by atoms with Crippen LogP contribution in [0.3, 0.4) is 0 Å². The van der Waals surface area contributed by atoms with E-state index in [1.54, 1.807) is 26.1 Å². The van der Waals surface area contributed by atoms with Crippen molar-refractivity contribution in [3.05, 3.63) is 101 Å². The molecule has 42 heavy (non-hydrogen) atoms. The van der Waals surface area contributed by atoms with Gasteiger partial charge in [0.25, 0.3) is 0 Å². The third-order valence-corrected chi connectivity index (χ3v) is 7.40. The van der Waals surface area contributed by atoms with Crippen molar-refractivity contribution < 1.29 is 24.2 Å². The van der Waals surface area contributed by atoms with E-state index < -0.39 is 5.97 Å². The molecule has 0 radical (unpaired) electrons. The van der Waals surface area contributed by atoms with Crippen LogP contribution >= 0.6 is 0 Å². The fourth-order valence-electron chi connectivity index (χ4n) is 5.16. The lowest BCUT2D eigenvalue weighted by molar-refractivity contribution is 0.0525. The molecule has 3 heterocycles. The Kier molecular flexibility index (Phi) is 9.06. The zero-order valence-electron chi connectivity index (χ0n) is 23.8. The second kappa shape index (κ2) is 13.2. The minimum atomic E-state index is -1.12. The van der Waals surface area contributed by atoms with Gasteiger partial charge in [0, 0.05) is 37.0 Å². The molecule has 0 spiro atoms. The number of piperidine rings is 1. The Labute approximate surface area is 245 Å². The van der Waals surface area contributed by atoms with E-state index in [4.69, 9.17) is 9.47 Å². The van der Waals surface area contributed by atoms with Gasteiger partial charge in [0.05, 0.1) is 23.6 Å². The van der Waals surface area contributed by atoms with Gasteiger partial charge in [-0.05, 0) is 62.4 Å². The summed E-state index contributed by atoms with van der Waals surface area (Å²) in [5.41, 5.74) is 4.74. The number of nitrogens with zero attached hydrogens (tertiary/aromatic N) is 4. The second-order valence-corrected chi connectivity index (χ2v) is 10.3. The first-order valence-electron chi connectivity index (χ1n) is 14.2. The largest absolute Gasteiger partial charge is 0.484 e. The predicted molar refractivity (Wildman–Crippen MR) is 159 cm³/mol. The molecule has 0 amide bonds. The molecular weight excluding hydrogens is 532 g/mol. The van der Waals surface area contributed by atoms with Crippen LogP contribution in [-0.4, -0.2) is 51.7 Å². The molecule has 5 rings (SSSR count). The summed E-state index contributed by atoms with van der Waals surface area (Å²) in [5, 5.41) is 9.83. The molecule has 1 fully saturated rings. The number of aromatic nitrogens is 3. The molecule has 4 aromatic rings. The van der Waals surface area contributed by atoms with Gasteiger partial charge in [-0.1, -0.05) is 42.5 Å². The summed E-state index contributed by atoms with van der Waals surface area (Å²) >= 11 is 0. The fraction of sp³-hybridized carbons (Fsp3) is 0.303. The summed E-state index contributed by atoms with van der Waals surface area (Å²) in [6.45, 7) is 5.91. The second-order valence-electron chi connectivity index (χ2n) is 10.3. The lowest BCUT2D eigenvalue weighted by Crippen LogP contribution is -2.34. The number of carboxylic acids is 1. The van der Waals surface area contributed by atoms with E-state index in [0.717, 1.165) is 48.4 Å². The van der Waals surface area contributed by atoms with Crippen molar-refractivity contribution >= 4 is 17.6 Å². The highest BCUT2D eigenvalue weighted by molar-refractivity contribution is 5.89. The van der Waals surface area contributed by atoms with Crippen molar-refractivity contribution in [2.24, 2.45) is 5.92 Å². The number of carbonyl (C=O) groups is 2. The van der Waals surface area contributed by atoms with Crippen molar-refractivity contribution in [2.45, 2.75) is 39.7 Å². The summed E-state index contributed by atoms with van der Waals surface area (Å²) in [5.74, 6) is -0.364. The van der Waals surface area contributed by atoms with Gasteiger partial charge in [0.15, 0.2) is 11.4 Å². The molecule has 0 unspecified atom stereocenters. The minimum absolute atomic E-state index is 0.0871. The molecular formula is C33H34N4O5.